The fourth-order valence-electron chi connectivity index (χ4n) is 2.27. The van der Waals surface area contributed by atoms with Crippen molar-refractivity contribution in [2.24, 2.45) is 0 Å². The van der Waals surface area contributed by atoms with Crippen molar-refractivity contribution in [1.82, 2.24) is 9.88 Å². The Morgan fingerprint density at radius 2 is 2.15 bits per heavy atom. The molecule has 2 aromatic rings. The molecule has 1 amide bonds. The number of thioether (sulfide) groups is 1. The molecule has 0 radical (unpaired) electrons. The third kappa shape index (κ3) is 2.53. The Hall–Kier alpha value is -1.52. The zero-order valence-electron chi connectivity index (χ0n) is 10.7. The van der Waals surface area contributed by atoms with Gasteiger partial charge >= 0.3 is 0 Å². The van der Waals surface area contributed by atoms with Crippen LogP contribution < -0.4 is 0 Å². The van der Waals surface area contributed by atoms with Crippen molar-refractivity contribution in [3.8, 4) is 0 Å². The quantitative estimate of drug-likeness (QED) is 0.849. The maximum Gasteiger partial charge on any atom is 0.256 e. The molecule has 1 aromatic heterocycles. The van der Waals surface area contributed by atoms with Gasteiger partial charge in [-0.15, -0.1) is 11.8 Å². The fourth-order valence-corrected chi connectivity index (χ4v) is 3.72. The van der Waals surface area contributed by atoms with Crippen LogP contribution in [0.25, 0.3) is 0 Å². The average Bonchev–Trinajstić information content (AvgIpc) is 2.97. The molecule has 1 fully saturated rings. The highest BCUT2D eigenvalue weighted by Gasteiger charge is 2.32. The van der Waals surface area contributed by atoms with E-state index in [0.29, 0.717) is 10.6 Å². The van der Waals surface area contributed by atoms with Gasteiger partial charge in [0.05, 0.1) is 10.6 Å². The number of rotatable bonds is 2. The predicted octanol–water partition coefficient (Wildman–Crippen LogP) is 3.62. The molecular weight excluding hydrogens is 292 g/mol. The van der Waals surface area contributed by atoms with E-state index < -0.39 is 0 Å². The number of hydrogen-bond acceptors (Lipinski definition) is 3. The summed E-state index contributed by atoms with van der Waals surface area (Å²) in [6.45, 7) is 0.730. The van der Waals surface area contributed by atoms with E-state index in [-0.39, 0.29) is 11.3 Å². The minimum Gasteiger partial charge on any atom is -0.322 e. The van der Waals surface area contributed by atoms with Gasteiger partial charge in [-0.25, -0.2) is 0 Å². The molecule has 3 rings (SSSR count). The van der Waals surface area contributed by atoms with E-state index in [1.54, 1.807) is 30.1 Å². The van der Waals surface area contributed by atoms with E-state index in [2.05, 4.69) is 4.98 Å². The molecule has 1 aliphatic rings. The van der Waals surface area contributed by atoms with Gasteiger partial charge < -0.3 is 4.90 Å². The van der Waals surface area contributed by atoms with Crippen LogP contribution in [0.1, 0.15) is 21.3 Å². The van der Waals surface area contributed by atoms with Crippen molar-refractivity contribution in [3.63, 3.8) is 0 Å². The van der Waals surface area contributed by atoms with Gasteiger partial charge in [0.25, 0.3) is 5.91 Å². The number of aromatic nitrogens is 1. The zero-order valence-corrected chi connectivity index (χ0v) is 12.3. The van der Waals surface area contributed by atoms with E-state index in [9.17, 15) is 4.79 Å². The molecule has 0 spiro atoms. The Labute approximate surface area is 127 Å². The van der Waals surface area contributed by atoms with Crippen molar-refractivity contribution < 1.29 is 4.79 Å². The van der Waals surface area contributed by atoms with E-state index in [1.165, 1.54) is 0 Å². The smallest absolute Gasteiger partial charge is 0.256 e. The fraction of sp³-hybridized carbons (Fsp3) is 0.200. The summed E-state index contributed by atoms with van der Waals surface area (Å²) in [7, 11) is 0. The number of carbonyl (C=O) groups is 1. The van der Waals surface area contributed by atoms with Gasteiger partial charge in [-0.3, -0.25) is 9.78 Å². The molecule has 0 aliphatic carbocycles. The van der Waals surface area contributed by atoms with E-state index in [4.69, 9.17) is 11.6 Å². The molecule has 0 saturated carbocycles. The van der Waals surface area contributed by atoms with E-state index in [1.807, 2.05) is 35.4 Å². The lowest BCUT2D eigenvalue weighted by Gasteiger charge is -2.24. The standard InChI is InChI=1S/C15H13ClN2OS/c16-13-6-2-1-5-12(13)14(19)18-8-9-20-15(18)11-4-3-7-17-10-11/h1-7,10,15H,8-9H2/t15-/m1/s1. The largest absolute Gasteiger partial charge is 0.322 e. The summed E-state index contributed by atoms with van der Waals surface area (Å²) in [6.07, 6.45) is 3.55. The van der Waals surface area contributed by atoms with Crippen molar-refractivity contribution in [2.45, 2.75) is 5.37 Å². The highest BCUT2D eigenvalue weighted by atomic mass is 35.5. The van der Waals surface area contributed by atoms with Gasteiger partial charge in [0.1, 0.15) is 5.37 Å². The van der Waals surface area contributed by atoms with Crippen molar-refractivity contribution in [2.75, 3.05) is 12.3 Å². The molecular formula is C15H13ClN2OS. The van der Waals surface area contributed by atoms with Gasteiger partial charge in [-0.05, 0) is 18.2 Å². The number of hydrogen-bond donors (Lipinski definition) is 0. The predicted molar refractivity (Wildman–Crippen MR) is 81.9 cm³/mol. The first-order chi connectivity index (χ1) is 9.77. The lowest BCUT2D eigenvalue weighted by atomic mass is 10.1. The van der Waals surface area contributed by atoms with Gasteiger partial charge in [0, 0.05) is 30.3 Å². The van der Waals surface area contributed by atoms with Gasteiger partial charge in [-0.1, -0.05) is 29.8 Å². The second-order valence-corrected chi connectivity index (χ2v) is 6.08. The summed E-state index contributed by atoms with van der Waals surface area (Å²) < 4.78 is 0. The lowest BCUT2D eigenvalue weighted by molar-refractivity contribution is 0.0760. The SMILES string of the molecule is O=C(c1ccccc1Cl)N1CCS[C@@H]1c1cccnc1. The van der Waals surface area contributed by atoms with Crippen LogP contribution in [0, 0.1) is 0 Å². The Bertz CT molecular complexity index is 620. The molecule has 1 saturated heterocycles. The number of nitrogens with zero attached hydrogens (tertiary/aromatic N) is 2. The van der Waals surface area contributed by atoms with E-state index in [0.717, 1.165) is 17.9 Å². The summed E-state index contributed by atoms with van der Waals surface area (Å²) in [4.78, 5) is 18.7. The normalized spacial score (nSPS) is 18.2. The minimum atomic E-state index is -0.0190. The molecule has 2 heterocycles. The molecule has 0 bridgehead atoms. The van der Waals surface area contributed by atoms with Gasteiger partial charge in [0.2, 0.25) is 0 Å². The summed E-state index contributed by atoms with van der Waals surface area (Å²) in [6, 6.07) is 11.1. The Morgan fingerprint density at radius 3 is 2.90 bits per heavy atom. The highest BCUT2D eigenvalue weighted by molar-refractivity contribution is 7.99. The summed E-state index contributed by atoms with van der Waals surface area (Å²) in [5.74, 6) is 0.907. The molecule has 0 unspecified atom stereocenters. The van der Waals surface area contributed by atoms with E-state index >= 15 is 0 Å². The number of carbonyl (C=O) groups excluding carboxylic acids is 1. The molecule has 102 valence electrons. The van der Waals surface area contributed by atoms with Crippen molar-refractivity contribution in [3.05, 3.63) is 64.9 Å². The number of halogens is 1. The van der Waals surface area contributed by atoms with Gasteiger partial charge in [0.15, 0.2) is 0 Å². The Kier molecular flexibility index (Phi) is 3.94. The number of benzene rings is 1. The first-order valence-electron chi connectivity index (χ1n) is 6.34. The topological polar surface area (TPSA) is 33.2 Å². The van der Waals surface area contributed by atoms with Crippen LogP contribution in [-0.4, -0.2) is 28.1 Å². The van der Waals surface area contributed by atoms with Gasteiger partial charge in [-0.2, -0.15) is 0 Å². The maximum absolute atomic E-state index is 12.7. The summed E-state index contributed by atoms with van der Waals surface area (Å²) >= 11 is 7.88. The van der Waals surface area contributed by atoms with Crippen molar-refractivity contribution >= 4 is 29.3 Å². The zero-order chi connectivity index (χ0) is 13.9. The second-order valence-electron chi connectivity index (χ2n) is 4.49. The van der Waals surface area contributed by atoms with Crippen LogP contribution in [0.4, 0.5) is 0 Å². The Morgan fingerprint density at radius 1 is 1.30 bits per heavy atom. The first kappa shape index (κ1) is 13.5. The average molecular weight is 305 g/mol. The second kappa shape index (κ2) is 5.85. The van der Waals surface area contributed by atoms with Crippen LogP contribution in [0.3, 0.4) is 0 Å². The molecule has 5 heteroatoms. The minimum absolute atomic E-state index is 0.0190. The molecule has 3 nitrogen and oxygen atoms in total. The lowest BCUT2D eigenvalue weighted by Crippen LogP contribution is -2.30. The van der Waals surface area contributed by atoms with Crippen LogP contribution in [0.15, 0.2) is 48.8 Å². The third-order valence-electron chi connectivity index (χ3n) is 3.23. The molecule has 0 N–H and O–H groups in total. The Balaban J connectivity index is 1.90. The van der Waals surface area contributed by atoms with Crippen LogP contribution in [-0.2, 0) is 0 Å². The molecule has 1 aliphatic heterocycles. The summed E-state index contributed by atoms with van der Waals surface area (Å²) in [5.41, 5.74) is 1.61. The molecule has 20 heavy (non-hydrogen) atoms. The molecule has 1 atom stereocenters. The number of pyridine rings is 1. The summed E-state index contributed by atoms with van der Waals surface area (Å²) in [5, 5.41) is 0.520. The highest BCUT2D eigenvalue weighted by Crippen LogP contribution is 2.38. The maximum atomic E-state index is 12.7. The first-order valence-corrected chi connectivity index (χ1v) is 7.77. The molecule has 1 aromatic carbocycles. The number of amides is 1. The van der Waals surface area contributed by atoms with Crippen LogP contribution >= 0.6 is 23.4 Å². The van der Waals surface area contributed by atoms with Crippen LogP contribution in [0.5, 0.6) is 0 Å². The van der Waals surface area contributed by atoms with Crippen LogP contribution in [0.2, 0.25) is 5.02 Å². The van der Waals surface area contributed by atoms with Crippen molar-refractivity contribution in [1.29, 1.82) is 0 Å². The monoisotopic (exact) mass is 304 g/mol. The third-order valence-corrected chi connectivity index (χ3v) is 4.82.